The van der Waals surface area contributed by atoms with Crippen LogP contribution < -0.4 is 0 Å². The number of rotatable bonds is 4. The van der Waals surface area contributed by atoms with Gasteiger partial charge in [0.2, 0.25) is 0 Å². The Labute approximate surface area is 113 Å². The Bertz CT molecular complexity index is 631. The monoisotopic (exact) mass is 277 g/mol. The first kappa shape index (κ1) is 13.0. The lowest BCUT2D eigenvalue weighted by molar-refractivity contribution is -0.384. The van der Waals surface area contributed by atoms with Gasteiger partial charge >= 0.3 is 0 Å². The lowest BCUT2D eigenvalue weighted by atomic mass is 10.2. The first-order valence-corrected chi connectivity index (χ1v) is 5.72. The molecule has 7 nitrogen and oxygen atoms in total. The predicted octanol–water partition coefficient (Wildman–Crippen LogP) is 1.98. The van der Waals surface area contributed by atoms with Crippen molar-refractivity contribution in [3.63, 3.8) is 0 Å². The number of nitro groups is 1. The lowest BCUT2D eigenvalue weighted by Gasteiger charge is -1.99. The highest BCUT2D eigenvalue weighted by molar-refractivity contribution is 6.22. The molecule has 19 heavy (non-hydrogen) atoms. The quantitative estimate of drug-likeness (QED) is 0.483. The third kappa shape index (κ3) is 3.05. The standard InChI is InChI=1S/C11H8ClN5O2/c12-9(5-13)6-16-7-14-11(15-16)8-1-3-10(4-2-8)17(18)19/h1-4,7,9H,6H2. The molecule has 8 heteroatoms. The van der Waals surface area contributed by atoms with Crippen LogP contribution >= 0.6 is 11.6 Å². The molecule has 0 N–H and O–H groups in total. The van der Waals surface area contributed by atoms with Crippen molar-refractivity contribution in [3.8, 4) is 17.5 Å². The van der Waals surface area contributed by atoms with Crippen LogP contribution in [0.15, 0.2) is 30.6 Å². The Hall–Kier alpha value is -2.46. The van der Waals surface area contributed by atoms with E-state index in [0.29, 0.717) is 11.4 Å². The summed E-state index contributed by atoms with van der Waals surface area (Å²) in [7, 11) is 0. The number of aromatic nitrogens is 3. The molecule has 0 aliphatic carbocycles. The maximum atomic E-state index is 10.5. The van der Waals surface area contributed by atoms with E-state index in [-0.39, 0.29) is 12.2 Å². The Balaban J connectivity index is 2.18. The van der Waals surface area contributed by atoms with Crippen LogP contribution in [0.2, 0.25) is 0 Å². The first-order chi connectivity index (χ1) is 9.10. The van der Waals surface area contributed by atoms with Gasteiger partial charge in [-0.05, 0) is 12.1 Å². The molecule has 1 heterocycles. The van der Waals surface area contributed by atoms with Crippen molar-refractivity contribution in [2.45, 2.75) is 11.9 Å². The smallest absolute Gasteiger partial charge is 0.258 e. The van der Waals surface area contributed by atoms with E-state index in [9.17, 15) is 10.1 Å². The Morgan fingerprint density at radius 3 is 2.74 bits per heavy atom. The predicted molar refractivity (Wildman–Crippen MR) is 67.4 cm³/mol. The van der Waals surface area contributed by atoms with Crippen molar-refractivity contribution in [1.82, 2.24) is 14.8 Å². The molecule has 0 aliphatic rings. The van der Waals surface area contributed by atoms with E-state index in [0.717, 1.165) is 0 Å². The van der Waals surface area contributed by atoms with Gasteiger partial charge in [0.15, 0.2) is 5.82 Å². The molecule has 1 atom stereocenters. The van der Waals surface area contributed by atoms with Crippen molar-refractivity contribution < 1.29 is 4.92 Å². The van der Waals surface area contributed by atoms with Crippen LogP contribution in [0.25, 0.3) is 11.4 Å². The van der Waals surface area contributed by atoms with Gasteiger partial charge in [0.1, 0.15) is 11.7 Å². The zero-order valence-corrected chi connectivity index (χ0v) is 10.4. The molecule has 0 saturated carbocycles. The summed E-state index contributed by atoms with van der Waals surface area (Å²) in [5.74, 6) is 0.428. The van der Waals surface area contributed by atoms with E-state index in [1.165, 1.54) is 23.1 Å². The molecule has 1 aromatic heterocycles. The summed E-state index contributed by atoms with van der Waals surface area (Å²) >= 11 is 5.69. The third-order valence-corrected chi connectivity index (χ3v) is 2.60. The van der Waals surface area contributed by atoms with Crippen LogP contribution in [0.4, 0.5) is 5.69 Å². The number of alkyl halides is 1. The fraction of sp³-hybridized carbons (Fsp3) is 0.182. The van der Waals surface area contributed by atoms with Crippen molar-refractivity contribution in [1.29, 1.82) is 5.26 Å². The second-order valence-electron chi connectivity index (χ2n) is 3.69. The van der Waals surface area contributed by atoms with Gasteiger partial charge in [-0.3, -0.25) is 10.1 Å². The van der Waals surface area contributed by atoms with Gasteiger partial charge in [0.05, 0.1) is 17.5 Å². The number of halogens is 1. The van der Waals surface area contributed by atoms with E-state index >= 15 is 0 Å². The summed E-state index contributed by atoms with van der Waals surface area (Å²) in [5, 5.41) is 22.6. The molecule has 2 aromatic rings. The zero-order chi connectivity index (χ0) is 13.8. The number of nitro benzene ring substituents is 1. The molecule has 0 spiro atoms. The minimum Gasteiger partial charge on any atom is -0.258 e. The molecular formula is C11H8ClN5O2. The molecular weight excluding hydrogens is 270 g/mol. The largest absolute Gasteiger partial charge is 0.269 e. The lowest BCUT2D eigenvalue weighted by Crippen LogP contribution is -2.08. The number of hydrogen-bond acceptors (Lipinski definition) is 5. The van der Waals surface area contributed by atoms with E-state index in [2.05, 4.69) is 10.1 Å². The van der Waals surface area contributed by atoms with Crippen molar-refractivity contribution in [3.05, 3.63) is 40.7 Å². The molecule has 0 saturated heterocycles. The second kappa shape index (κ2) is 5.46. The van der Waals surface area contributed by atoms with Crippen LogP contribution in [-0.2, 0) is 6.54 Å². The fourth-order valence-corrected chi connectivity index (χ4v) is 1.59. The first-order valence-electron chi connectivity index (χ1n) is 5.28. The minimum atomic E-state index is -0.675. The SMILES string of the molecule is N#CC(Cl)Cn1cnc(-c2ccc([N+](=O)[O-])cc2)n1. The van der Waals surface area contributed by atoms with Gasteiger partial charge in [-0.2, -0.15) is 10.4 Å². The summed E-state index contributed by atoms with van der Waals surface area (Å²) in [4.78, 5) is 14.1. The molecule has 1 unspecified atom stereocenters. The van der Waals surface area contributed by atoms with Crippen LogP contribution in [-0.4, -0.2) is 25.1 Å². The maximum Gasteiger partial charge on any atom is 0.269 e. The zero-order valence-electron chi connectivity index (χ0n) is 9.60. The van der Waals surface area contributed by atoms with Crippen molar-refractivity contribution in [2.75, 3.05) is 0 Å². The molecule has 0 fully saturated rings. The third-order valence-electron chi connectivity index (χ3n) is 2.36. The van der Waals surface area contributed by atoms with E-state index in [4.69, 9.17) is 16.9 Å². The Morgan fingerprint density at radius 1 is 1.47 bits per heavy atom. The van der Waals surface area contributed by atoms with Crippen LogP contribution in [0, 0.1) is 21.4 Å². The van der Waals surface area contributed by atoms with E-state index in [1.54, 1.807) is 12.1 Å². The fourth-order valence-electron chi connectivity index (χ4n) is 1.45. The highest BCUT2D eigenvalue weighted by atomic mass is 35.5. The topological polar surface area (TPSA) is 97.6 Å². The number of nitrogens with zero attached hydrogens (tertiary/aromatic N) is 5. The molecule has 0 bridgehead atoms. The van der Waals surface area contributed by atoms with Crippen LogP contribution in [0.3, 0.4) is 0 Å². The summed E-state index contributed by atoms with van der Waals surface area (Å²) < 4.78 is 1.46. The van der Waals surface area contributed by atoms with Crippen molar-refractivity contribution in [2.24, 2.45) is 0 Å². The highest BCUT2D eigenvalue weighted by Gasteiger charge is 2.10. The summed E-state index contributed by atoms with van der Waals surface area (Å²) in [6.45, 7) is 0.234. The van der Waals surface area contributed by atoms with Crippen LogP contribution in [0.1, 0.15) is 0 Å². The molecule has 1 aromatic carbocycles. The van der Waals surface area contributed by atoms with Crippen LogP contribution in [0.5, 0.6) is 0 Å². The van der Waals surface area contributed by atoms with Gasteiger partial charge in [0, 0.05) is 17.7 Å². The summed E-state index contributed by atoms with van der Waals surface area (Å²) in [5.41, 5.74) is 0.668. The second-order valence-corrected chi connectivity index (χ2v) is 4.22. The van der Waals surface area contributed by atoms with Gasteiger partial charge in [0.25, 0.3) is 5.69 Å². The van der Waals surface area contributed by atoms with Crippen molar-refractivity contribution >= 4 is 17.3 Å². The molecule has 0 radical (unpaired) electrons. The summed E-state index contributed by atoms with van der Waals surface area (Å²) in [6.07, 6.45) is 1.46. The molecule has 0 aliphatic heterocycles. The number of benzene rings is 1. The molecule has 0 amide bonds. The van der Waals surface area contributed by atoms with E-state index < -0.39 is 10.3 Å². The van der Waals surface area contributed by atoms with Gasteiger partial charge in [-0.25, -0.2) is 9.67 Å². The Morgan fingerprint density at radius 2 is 2.16 bits per heavy atom. The van der Waals surface area contributed by atoms with E-state index in [1.807, 2.05) is 6.07 Å². The minimum absolute atomic E-state index is 0.00786. The van der Waals surface area contributed by atoms with Gasteiger partial charge in [-0.15, -0.1) is 11.6 Å². The van der Waals surface area contributed by atoms with Gasteiger partial charge in [-0.1, -0.05) is 0 Å². The average molecular weight is 278 g/mol. The molecule has 2 rings (SSSR count). The summed E-state index contributed by atoms with van der Waals surface area (Å²) in [6, 6.07) is 7.79. The number of nitriles is 1. The highest BCUT2D eigenvalue weighted by Crippen LogP contribution is 2.18. The average Bonchev–Trinajstić information content (AvgIpc) is 2.87. The Kier molecular flexibility index (Phi) is 3.73. The molecule has 96 valence electrons. The maximum absolute atomic E-state index is 10.5. The van der Waals surface area contributed by atoms with Gasteiger partial charge < -0.3 is 0 Å². The normalized spacial score (nSPS) is 11.8. The number of hydrogen-bond donors (Lipinski definition) is 0. The number of non-ortho nitro benzene ring substituents is 1.